The summed E-state index contributed by atoms with van der Waals surface area (Å²) in [7, 11) is 0. The van der Waals surface area contributed by atoms with Gasteiger partial charge in [0, 0.05) is 0 Å². The van der Waals surface area contributed by atoms with E-state index in [-0.39, 0.29) is 0 Å². The molecule has 0 amide bonds. The second kappa shape index (κ2) is 3.46. The van der Waals surface area contributed by atoms with E-state index in [1.54, 1.807) is 0 Å². The summed E-state index contributed by atoms with van der Waals surface area (Å²) in [6.07, 6.45) is 1.12. The molecule has 2 aromatic carbocycles. The van der Waals surface area contributed by atoms with Crippen LogP contribution in [0.5, 0.6) is 0 Å². The molecule has 0 spiro atoms. The molecule has 0 heterocycles. The Morgan fingerprint density at radius 3 is 2.29 bits per heavy atom. The van der Waals surface area contributed by atoms with Crippen molar-refractivity contribution in [3.63, 3.8) is 0 Å². The van der Waals surface area contributed by atoms with Gasteiger partial charge < -0.3 is 0 Å². The molecular weight excluding hydrogens is 204 g/mol. The Balaban J connectivity index is 2.32. The van der Waals surface area contributed by atoms with E-state index >= 15 is 0 Å². The maximum Gasteiger partial charge on any atom is -0.000809 e. The van der Waals surface area contributed by atoms with Gasteiger partial charge in [0.2, 0.25) is 0 Å². The first-order valence-electron chi connectivity index (χ1n) is 6.27. The molecule has 0 unspecified atom stereocenters. The third-order valence-electron chi connectivity index (χ3n) is 4.13. The Morgan fingerprint density at radius 2 is 1.53 bits per heavy atom. The van der Waals surface area contributed by atoms with Crippen LogP contribution in [0.2, 0.25) is 0 Å². The lowest BCUT2D eigenvalue weighted by Gasteiger charge is -2.07. The first kappa shape index (κ1) is 10.6. The molecule has 0 fully saturated rings. The van der Waals surface area contributed by atoms with Gasteiger partial charge in [-0.25, -0.2) is 0 Å². The van der Waals surface area contributed by atoms with E-state index in [0.29, 0.717) is 0 Å². The maximum absolute atomic E-state index is 2.34. The van der Waals surface area contributed by atoms with Gasteiger partial charge in [-0.1, -0.05) is 29.8 Å². The second-order valence-electron chi connectivity index (χ2n) is 5.32. The van der Waals surface area contributed by atoms with Crippen LogP contribution >= 0.6 is 0 Å². The summed E-state index contributed by atoms with van der Waals surface area (Å²) in [6.45, 7) is 8.88. The van der Waals surface area contributed by atoms with E-state index in [2.05, 4.69) is 52.0 Å². The Kier molecular flexibility index (Phi) is 2.16. The molecule has 0 saturated heterocycles. The van der Waals surface area contributed by atoms with Crippen molar-refractivity contribution in [3.05, 3.63) is 57.6 Å². The molecule has 2 aromatic rings. The summed E-state index contributed by atoms with van der Waals surface area (Å²) in [5.41, 5.74) is 11.7. The quantitative estimate of drug-likeness (QED) is 0.525. The molecule has 0 heteroatoms. The lowest BCUT2D eigenvalue weighted by atomic mass is 9.97. The van der Waals surface area contributed by atoms with E-state index < -0.39 is 0 Å². The lowest BCUT2D eigenvalue weighted by molar-refractivity contribution is 1.16. The molecule has 86 valence electrons. The Hall–Kier alpha value is -1.56. The minimum absolute atomic E-state index is 1.12. The third kappa shape index (κ3) is 1.44. The highest BCUT2D eigenvalue weighted by atomic mass is 14.3. The van der Waals surface area contributed by atoms with Crippen LogP contribution in [-0.2, 0) is 6.42 Å². The fourth-order valence-electron chi connectivity index (χ4n) is 3.00. The van der Waals surface area contributed by atoms with Crippen LogP contribution < -0.4 is 0 Å². The molecular formula is C17H18. The molecule has 0 radical (unpaired) electrons. The first-order valence-corrected chi connectivity index (χ1v) is 6.27. The number of rotatable bonds is 0. The summed E-state index contributed by atoms with van der Waals surface area (Å²) < 4.78 is 0. The van der Waals surface area contributed by atoms with Crippen molar-refractivity contribution < 1.29 is 0 Å². The first-order chi connectivity index (χ1) is 8.08. The van der Waals surface area contributed by atoms with Crippen LogP contribution in [0.15, 0.2) is 24.3 Å². The second-order valence-corrected chi connectivity index (χ2v) is 5.32. The number of hydrogen-bond donors (Lipinski definition) is 0. The smallest absolute Gasteiger partial charge is 0.000809 e. The normalized spacial score (nSPS) is 12.5. The molecule has 0 aromatic heterocycles. The van der Waals surface area contributed by atoms with E-state index in [1.165, 1.54) is 44.5 Å². The van der Waals surface area contributed by atoms with Gasteiger partial charge in [0.05, 0.1) is 0 Å². The summed E-state index contributed by atoms with van der Waals surface area (Å²) in [6, 6.07) is 9.18. The fourth-order valence-corrected chi connectivity index (χ4v) is 3.00. The van der Waals surface area contributed by atoms with Crippen molar-refractivity contribution in [1.82, 2.24) is 0 Å². The van der Waals surface area contributed by atoms with E-state index in [1.807, 2.05) is 0 Å². The van der Waals surface area contributed by atoms with Gasteiger partial charge in [0.15, 0.2) is 0 Å². The highest BCUT2D eigenvalue weighted by molar-refractivity contribution is 5.80. The van der Waals surface area contributed by atoms with Crippen LogP contribution in [0.25, 0.3) is 11.1 Å². The average molecular weight is 222 g/mol. The standard InChI is InChI=1S/C17H18/c1-10-7-12(3)15-9-16-13(4)11(2)5-6-14(16)17(15)8-10/h5-8H,9H2,1-4H3. The van der Waals surface area contributed by atoms with Crippen molar-refractivity contribution in [2.45, 2.75) is 34.1 Å². The Labute approximate surface area is 103 Å². The van der Waals surface area contributed by atoms with Crippen molar-refractivity contribution in [2.24, 2.45) is 0 Å². The zero-order valence-corrected chi connectivity index (χ0v) is 11.0. The summed E-state index contributed by atoms with van der Waals surface area (Å²) in [5, 5.41) is 0. The molecule has 17 heavy (non-hydrogen) atoms. The van der Waals surface area contributed by atoms with Gasteiger partial charge in [-0.3, -0.25) is 0 Å². The zero-order valence-electron chi connectivity index (χ0n) is 11.0. The predicted octanol–water partition coefficient (Wildman–Crippen LogP) is 4.49. The number of hydrogen-bond acceptors (Lipinski definition) is 0. The molecule has 1 aliphatic carbocycles. The van der Waals surface area contributed by atoms with E-state index in [4.69, 9.17) is 0 Å². The number of benzene rings is 2. The summed E-state index contributed by atoms with van der Waals surface area (Å²) in [5.74, 6) is 0. The SMILES string of the molecule is Cc1cc(C)c2c(c1)-c1ccc(C)c(C)c1C2. The van der Waals surface area contributed by atoms with E-state index in [0.717, 1.165) is 6.42 Å². The minimum Gasteiger partial charge on any atom is -0.0584 e. The topological polar surface area (TPSA) is 0 Å². The minimum atomic E-state index is 1.12. The van der Waals surface area contributed by atoms with Gasteiger partial charge in [0.1, 0.15) is 0 Å². The van der Waals surface area contributed by atoms with E-state index in [9.17, 15) is 0 Å². The van der Waals surface area contributed by atoms with Crippen LogP contribution in [0.1, 0.15) is 33.4 Å². The summed E-state index contributed by atoms with van der Waals surface area (Å²) in [4.78, 5) is 0. The molecule has 0 N–H and O–H groups in total. The zero-order chi connectivity index (χ0) is 12.2. The molecule has 0 saturated carbocycles. The van der Waals surface area contributed by atoms with Crippen LogP contribution in [0.3, 0.4) is 0 Å². The van der Waals surface area contributed by atoms with Gasteiger partial charge in [0.25, 0.3) is 0 Å². The van der Waals surface area contributed by atoms with Crippen LogP contribution in [0.4, 0.5) is 0 Å². The van der Waals surface area contributed by atoms with Crippen LogP contribution in [-0.4, -0.2) is 0 Å². The van der Waals surface area contributed by atoms with Gasteiger partial charge in [-0.05, 0) is 73.1 Å². The molecule has 0 nitrogen and oxygen atoms in total. The van der Waals surface area contributed by atoms with Gasteiger partial charge in [-0.2, -0.15) is 0 Å². The molecule has 0 aliphatic heterocycles. The number of aryl methyl sites for hydroxylation is 3. The van der Waals surface area contributed by atoms with Crippen molar-refractivity contribution in [3.8, 4) is 11.1 Å². The van der Waals surface area contributed by atoms with Crippen LogP contribution in [0, 0.1) is 27.7 Å². The number of fused-ring (bicyclic) bond motifs is 3. The van der Waals surface area contributed by atoms with Crippen molar-refractivity contribution in [1.29, 1.82) is 0 Å². The fraction of sp³-hybridized carbons (Fsp3) is 0.294. The molecule has 0 bridgehead atoms. The lowest BCUT2D eigenvalue weighted by Crippen LogP contribution is -1.90. The monoisotopic (exact) mass is 222 g/mol. The highest BCUT2D eigenvalue weighted by Crippen LogP contribution is 2.40. The molecule has 3 rings (SSSR count). The maximum atomic E-state index is 2.34. The van der Waals surface area contributed by atoms with Crippen molar-refractivity contribution >= 4 is 0 Å². The Morgan fingerprint density at radius 1 is 0.765 bits per heavy atom. The highest BCUT2D eigenvalue weighted by Gasteiger charge is 2.22. The average Bonchev–Trinajstić information content (AvgIpc) is 2.63. The molecule has 0 atom stereocenters. The van der Waals surface area contributed by atoms with Gasteiger partial charge >= 0.3 is 0 Å². The molecule has 1 aliphatic rings. The predicted molar refractivity (Wildman–Crippen MR) is 73.6 cm³/mol. The summed E-state index contributed by atoms with van der Waals surface area (Å²) >= 11 is 0. The third-order valence-corrected chi connectivity index (χ3v) is 4.13. The van der Waals surface area contributed by atoms with Gasteiger partial charge in [-0.15, -0.1) is 0 Å². The largest absolute Gasteiger partial charge is 0.0584 e. The van der Waals surface area contributed by atoms with Crippen molar-refractivity contribution in [2.75, 3.05) is 0 Å². The Bertz CT molecular complexity index is 618.